The molecule has 0 atom stereocenters. The second-order valence-corrected chi connectivity index (χ2v) is 6.00. The highest BCUT2D eigenvalue weighted by molar-refractivity contribution is 9.10. The van der Waals surface area contributed by atoms with Crippen LogP contribution < -0.4 is 0 Å². The van der Waals surface area contributed by atoms with E-state index in [0.29, 0.717) is 4.47 Å². The number of nitro benzene ring substituents is 1. The van der Waals surface area contributed by atoms with Gasteiger partial charge in [-0.05, 0) is 35.9 Å². The van der Waals surface area contributed by atoms with Gasteiger partial charge in [0, 0.05) is 15.0 Å². The van der Waals surface area contributed by atoms with E-state index >= 15 is 0 Å². The number of nitrogens with zero attached hydrogens (tertiary/aromatic N) is 1. The van der Waals surface area contributed by atoms with Crippen LogP contribution in [-0.2, 0) is 0 Å². The van der Waals surface area contributed by atoms with E-state index in [1.165, 1.54) is 24.3 Å². The Kier molecular flexibility index (Phi) is 5.03. The molecule has 0 aromatic heterocycles. The monoisotopic (exact) mass is 409 g/mol. The zero-order chi connectivity index (χ0) is 15.4. The lowest BCUT2D eigenvalue weighted by atomic mass is 10.1. The van der Waals surface area contributed by atoms with Crippen molar-refractivity contribution in [3.8, 4) is 0 Å². The maximum absolute atomic E-state index is 12.2. The summed E-state index contributed by atoms with van der Waals surface area (Å²) in [5.74, 6) is -0.414. The van der Waals surface area contributed by atoms with E-state index < -0.39 is 10.7 Å². The van der Waals surface area contributed by atoms with Gasteiger partial charge in [-0.1, -0.05) is 50.1 Å². The van der Waals surface area contributed by atoms with Gasteiger partial charge in [0.15, 0.2) is 5.78 Å². The quantitative estimate of drug-likeness (QED) is 0.308. The van der Waals surface area contributed by atoms with Crippen molar-refractivity contribution in [3.63, 3.8) is 0 Å². The van der Waals surface area contributed by atoms with Crippen molar-refractivity contribution in [2.24, 2.45) is 0 Å². The van der Waals surface area contributed by atoms with Crippen molar-refractivity contribution < 1.29 is 9.72 Å². The minimum absolute atomic E-state index is 0.0561. The number of allylic oxidation sites excluding steroid dienone is 1. The molecule has 2 aromatic carbocycles. The van der Waals surface area contributed by atoms with Crippen molar-refractivity contribution >= 4 is 49.4 Å². The van der Waals surface area contributed by atoms with E-state index in [1.807, 2.05) is 24.3 Å². The number of hydrogen-bond donors (Lipinski definition) is 0. The molecular weight excluding hydrogens is 402 g/mol. The summed E-state index contributed by atoms with van der Waals surface area (Å²) in [5.41, 5.74) is 0.679. The number of carbonyl (C=O) groups is 1. The van der Waals surface area contributed by atoms with Gasteiger partial charge in [0.25, 0.3) is 5.69 Å². The molecule has 0 aliphatic carbocycles. The fourth-order valence-corrected chi connectivity index (χ4v) is 2.51. The van der Waals surface area contributed by atoms with Crippen LogP contribution in [0.3, 0.4) is 0 Å². The highest BCUT2D eigenvalue weighted by atomic mass is 79.9. The Hall–Kier alpha value is -1.79. The van der Waals surface area contributed by atoms with Gasteiger partial charge < -0.3 is 0 Å². The van der Waals surface area contributed by atoms with Crippen LogP contribution >= 0.6 is 31.9 Å². The molecule has 4 nitrogen and oxygen atoms in total. The van der Waals surface area contributed by atoms with Crippen LogP contribution in [0.25, 0.3) is 6.08 Å². The molecule has 0 unspecified atom stereocenters. The Balaban J connectivity index is 2.32. The first-order valence-electron chi connectivity index (χ1n) is 5.89. The average Bonchev–Trinajstić information content (AvgIpc) is 2.44. The number of nitro groups is 1. The molecule has 0 N–H and O–H groups in total. The molecule has 0 bridgehead atoms. The second-order valence-electron chi connectivity index (χ2n) is 4.17. The van der Waals surface area contributed by atoms with Crippen molar-refractivity contribution in [1.82, 2.24) is 0 Å². The van der Waals surface area contributed by atoms with Crippen molar-refractivity contribution in [1.29, 1.82) is 0 Å². The number of halogens is 2. The SMILES string of the molecule is O=C(/C=C/c1cccc(Br)c1)c1cc(Br)ccc1[N+](=O)[O-]. The molecule has 6 heteroatoms. The van der Waals surface area contributed by atoms with Crippen LogP contribution in [-0.4, -0.2) is 10.7 Å². The Bertz CT molecular complexity index is 741. The Morgan fingerprint density at radius 3 is 2.48 bits per heavy atom. The third-order valence-corrected chi connectivity index (χ3v) is 3.68. The van der Waals surface area contributed by atoms with E-state index in [4.69, 9.17) is 0 Å². The highest BCUT2D eigenvalue weighted by Gasteiger charge is 2.18. The van der Waals surface area contributed by atoms with Gasteiger partial charge in [-0.3, -0.25) is 14.9 Å². The maximum Gasteiger partial charge on any atom is 0.280 e. The molecule has 0 fully saturated rings. The minimum Gasteiger partial charge on any atom is -0.289 e. The van der Waals surface area contributed by atoms with Crippen LogP contribution in [0.5, 0.6) is 0 Å². The molecule has 0 saturated carbocycles. The number of ketones is 1. The van der Waals surface area contributed by atoms with Crippen molar-refractivity contribution in [2.75, 3.05) is 0 Å². The predicted molar refractivity (Wildman–Crippen MR) is 88.3 cm³/mol. The number of hydrogen-bond acceptors (Lipinski definition) is 3. The lowest BCUT2D eigenvalue weighted by Crippen LogP contribution is -2.01. The van der Waals surface area contributed by atoms with Gasteiger partial charge in [0.2, 0.25) is 0 Å². The summed E-state index contributed by atoms with van der Waals surface area (Å²) in [6, 6.07) is 11.7. The lowest BCUT2D eigenvalue weighted by molar-refractivity contribution is -0.385. The number of benzene rings is 2. The summed E-state index contributed by atoms with van der Waals surface area (Å²) in [6.45, 7) is 0. The van der Waals surface area contributed by atoms with Crippen LogP contribution in [0.1, 0.15) is 15.9 Å². The number of carbonyl (C=O) groups excluding carboxylic acids is 1. The summed E-state index contributed by atoms with van der Waals surface area (Å²) in [5, 5.41) is 11.0. The van der Waals surface area contributed by atoms with Crippen LogP contribution in [0.4, 0.5) is 5.69 Å². The topological polar surface area (TPSA) is 60.2 Å². The van der Waals surface area contributed by atoms with Crippen LogP contribution in [0.2, 0.25) is 0 Å². The zero-order valence-corrected chi connectivity index (χ0v) is 13.8. The summed E-state index contributed by atoms with van der Waals surface area (Å²) in [4.78, 5) is 22.6. The molecule has 21 heavy (non-hydrogen) atoms. The Labute approximate surface area is 137 Å². The molecule has 0 heterocycles. The Morgan fingerprint density at radius 1 is 1.10 bits per heavy atom. The third kappa shape index (κ3) is 4.09. The smallest absolute Gasteiger partial charge is 0.280 e. The minimum atomic E-state index is -0.563. The van der Waals surface area contributed by atoms with Gasteiger partial charge in [0.1, 0.15) is 5.56 Å². The summed E-state index contributed by atoms with van der Waals surface area (Å²) < 4.78 is 1.51. The third-order valence-electron chi connectivity index (χ3n) is 2.70. The molecule has 0 saturated heterocycles. The summed E-state index contributed by atoms with van der Waals surface area (Å²) in [7, 11) is 0. The van der Waals surface area contributed by atoms with E-state index in [9.17, 15) is 14.9 Å². The molecule has 2 rings (SSSR count). The first-order valence-corrected chi connectivity index (χ1v) is 7.48. The van der Waals surface area contributed by atoms with E-state index in [1.54, 1.807) is 6.08 Å². The summed E-state index contributed by atoms with van der Waals surface area (Å²) in [6.07, 6.45) is 2.95. The van der Waals surface area contributed by atoms with Gasteiger partial charge >= 0.3 is 0 Å². The van der Waals surface area contributed by atoms with Crippen molar-refractivity contribution in [2.45, 2.75) is 0 Å². The molecule has 0 spiro atoms. The maximum atomic E-state index is 12.2. The zero-order valence-electron chi connectivity index (χ0n) is 10.6. The van der Waals surface area contributed by atoms with Crippen LogP contribution in [0.15, 0.2) is 57.5 Å². The van der Waals surface area contributed by atoms with E-state index in [-0.39, 0.29) is 11.3 Å². The van der Waals surface area contributed by atoms with Crippen molar-refractivity contribution in [3.05, 3.63) is 78.7 Å². The summed E-state index contributed by atoms with van der Waals surface area (Å²) >= 11 is 6.55. The highest BCUT2D eigenvalue weighted by Crippen LogP contribution is 2.24. The molecule has 106 valence electrons. The predicted octanol–water partition coefficient (Wildman–Crippen LogP) is 5.02. The molecule has 0 aliphatic rings. The molecular formula is C15H9Br2NO3. The first kappa shape index (κ1) is 15.6. The Morgan fingerprint density at radius 2 is 1.81 bits per heavy atom. The molecule has 0 amide bonds. The average molecular weight is 411 g/mol. The second kappa shape index (κ2) is 6.78. The molecule has 0 radical (unpaired) electrons. The van der Waals surface area contributed by atoms with Gasteiger partial charge in [0.05, 0.1) is 4.92 Å². The first-order chi connectivity index (χ1) is 9.97. The fourth-order valence-electron chi connectivity index (χ4n) is 1.74. The van der Waals surface area contributed by atoms with Gasteiger partial charge in [-0.2, -0.15) is 0 Å². The standard InChI is InChI=1S/C15H9Br2NO3/c16-11-3-1-2-10(8-11)4-7-15(19)13-9-12(17)5-6-14(13)18(20)21/h1-9H/b7-4+. The normalized spacial score (nSPS) is 10.8. The van der Waals surface area contributed by atoms with Gasteiger partial charge in [-0.15, -0.1) is 0 Å². The van der Waals surface area contributed by atoms with Gasteiger partial charge in [-0.25, -0.2) is 0 Å². The van der Waals surface area contributed by atoms with Crippen LogP contribution in [0, 0.1) is 10.1 Å². The van der Waals surface area contributed by atoms with E-state index in [2.05, 4.69) is 31.9 Å². The lowest BCUT2D eigenvalue weighted by Gasteiger charge is -2.00. The van der Waals surface area contributed by atoms with E-state index in [0.717, 1.165) is 10.0 Å². The fraction of sp³-hybridized carbons (Fsp3) is 0. The molecule has 2 aromatic rings. The number of rotatable bonds is 4. The molecule has 0 aliphatic heterocycles. The largest absolute Gasteiger partial charge is 0.289 e.